The van der Waals surface area contributed by atoms with Gasteiger partial charge in [-0.1, -0.05) is 42.0 Å². The van der Waals surface area contributed by atoms with Gasteiger partial charge >= 0.3 is 5.97 Å². The Labute approximate surface area is 161 Å². The summed E-state index contributed by atoms with van der Waals surface area (Å²) < 4.78 is 6.07. The van der Waals surface area contributed by atoms with Gasteiger partial charge in [-0.25, -0.2) is 0 Å². The number of benzene rings is 2. The van der Waals surface area contributed by atoms with Crippen molar-refractivity contribution in [3.05, 3.63) is 70.8 Å². The molecule has 1 aliphatic rings. The number of carboxylic acids is 1. The van der Waals surface area contributed by atoms with Crippen LogP contribution in [-0.2, 0) is 11.2 Å². The maximum Gasteiger partial charge on any atom is 0.303 e. The van der Waals surface area contributed by atoms with Crippen molar-refractivity contribution in [2.75, 3.05) is 6.61 Å². The molecule has 27 heavy (non-hydrogen) atoms. The van der Waals surface area contributed by atoms with Gasteiger partial charge in [0.05, 0.1) is 0 Å². The summed E-state index contributed by atoms with van der Waals surface area (Å²) in [6, 6.07) is 16.8. The Balaban J connectivity index is 1.63. The molecule has 0 fully saturated rings. The van der Waals surface area contributed by atoms with Crippen molar-refractivity contribution in [1.82, 2.24) is 0 Å². The van der Waals surface area contributed by atoms with Crippen molar-refractivity contribution >= 4 is 11.5 Å². The molecule has 0 spiro atoms. The zero-order valence-electron chi connectivity index (χ0n) is 16.0. The Morgan fingerprint density at radius 1 is 1.07 bits per heavy atom. The predicted octanol–water partition coefficient (Wildman–Crippen LogP) is 5.81. The molecule has 0 saturated heterocycles. The van der Waals surface area contributed by atoms with E-state index >= 15 is 0 Å². The van der Waals surface area contributed by atoms with Crippen molar-refractivity contribution < 1.29 is 14.6 Å². The van der Waals surface area contributed by atoms with Crippen LogP contribution in [0, 0.1) is 6.92 Å². The van der Waals surface area contributed by atoms with Crippen molar-refractivity contribution in [3.63, 3.8) is 0 Å². The molecule has 0 bridgehead atoms. The second-order valence-electron chi connectivity index (χ2n) is 7.34. The van der Waals surface area contributed by atoms with Crippen LogP contribution in [0.5, 0.6) is 5.75 Å². The van der Waals surface area contributed by atoms with E-state index in [0.717, 1.165) is 30.6 Å². The molecular weight excluding hydrogens is 336 g/mol. The monoisotopic (exact) mass is 364 g/mol. The average molecular weight is 364 g/mol. The lowest BCUT2D eigenvalue weighted by molar-refractivity contribution is -0.137. The fourth-order valence-corrected chi connectivity index (χ4v) is 3.67. The van der Waals surface area contributed by atoms with Gasteiger partial charge in [0.2, 0.25) is 0 Å². The first kappa shape index (κ1) is 19.2. The summed E-state index contributed by atoms with van der Waals surface area (Å²) in [5, 5.41) is 8.72. The van der Waals surface area contributed by atoms with Gasteiger partial charge in [0.25, 0.3) is 0 Å². The summed E-state index contributed by atoms with van der Waals surface area (Å²) in [5.74, 6) is 0.138. The standard InChI is InChI=1S/C24H28O3/c1-18-6-4-9-20(16-18)23-10-3-2-8-21(23)17-27-22-14-12-19(13-15-22)7-5-11-24(25)26/h4,6,9,12-16H,2-3,5,7-8,10-11,17H2,1H3,(H,25,26). The van der Waals surface area contributed by atoms with Crippen LogP contribution in [0.25, 0.3) is 5.57 Å². The molecule has 3 heteroatoms. The Hall–Kier alpha value is -2.55. The Bertz CT molecular complexity index is 803. The zero-order valence-corrected chi connectivity index (χ0v) is 16.0. The van der Waals surface area contributed by atoms with Gasteiger partial charge in [0, 0.05) is 6.42 Å². The van der Waals surface area contributed by atoms with Crippen LogP contribution in [0.4, 0.5) is 0 Å². The number of carbonyl (C=O) groups is 1. The molecule has 1 aliphatic carbocycles. The van der Waals surface area contributed by atoms with E-state index in [1.54, 1.807) is 0 Å². The molecule has 3 nitrogen and oxygen atoms in total. The number of carboxylic acid groups (broad SMARTS) is 1. The summed E-state index contributed by atoms with van der Waals surface area (Å²) in [6.45, 7) is 2.78. The Morgan fingerprint density at radius 2 is 1.85 bits per heavy atom. The van der Waals surface area contributed by atoms with Crippen LogP contribution in [0.15, 0.2) is 54.1 Å². The van der Waals surface area contributed by atoms with Crippen molar-refractivity contribution in [3.8, 4) is 5.75 Å². The molecule has 0 unspecified atom stereocenters. The van der Waals surface area contributed by atoms with E-state index in [-0.39, 0.29) is 6.42 Å². The van der Waals surface area contributed by atoms with E-state index in [1.165, 1.54) is 35.1 Å². The molecule has 0 radical (unpaired) electrons. The topological polar surface area (TPSA) is 46.5 Å². The van der Waals surface area contributed by atoms with Gasteiger partial charge in [-0.05, 0) is 79.9 Å². The van der Waals surface area contributed by atoms with Crippen LogP contribution in [0.1, 0.15) is 55.2 Å². The first-order chi connectivity index (χ1) is 13.1. The minimum Gasteiger partial charge on any atom is -0.489 e. The third-order valence-electron chi connectivity index (χ3n) is 5.14. The lowest BCUT2D eigenvalue weighted by Gasteiger charge is -2.21. The third-order valence-corrected chi connectivity index (χ3v) is 5.14. The van der Waals surface area contributed by atoms with Gasteiger partial charge in [-0.15, -0.1) is 0 Å². The summed E-state index contributed by atoms with van der Waals surface area (Å²) in [4.78, 5) is 10.6. The van der Waals surface area contributed by atoms with E-state index in [1.807, 2.05) is 24.3 Å². The Kier molecular flexibility index (Phi) is 6.69. The van der Waals surface area contributed by atoms with Crippen LogP contribution in [0.2, 0.25) is 0 Å². The highest BCUT2D eigenvalue weighted by Crippen LogP contribution is 2.33. The highest BCUT2D eigenvalue weighted by molar-refractivity contribution is 5.70. The summed E-state index contributed by atoms with van der Waals surface area (Å²) >= 11 is 0. The molecule has 2 aromatic rings. The fraction of sp³-hybridized carbons (Fsp3) is 0.375. The highest BCUT2D eigenvalue weighted by atomic mass is 16.5. The molecule has 1 N–H and O–H groups in total. The predicted molar refractivity (Wildman–Crippen MR) is 109 cm³/mol. The molecule has 0 heterocycles. The molecule has 0 aliphatic heterocycles. The van der Waals surface area contributed by atoms with Crippen molar-refractivity contribution in [1.29, 1.82) is 0 Å². The van der Waals surface area contributed by atoms with Crippen LogP contribution in [0.3, 0.4) is 0 Å². The quantitative estimate of drug-likeness (QED) is 0.643. The number of aliphatic carboxylic acids is 1. The van der Waals surface area contributed by atoms with E-state index in [9.17, 15) is 4.79 Å². The number of hydrogen-bond donors (Lipinski definition) is 1. The second-order valence-corrected chi connectivity index (χ2v) is 7.34. The molecule has 3 rings (SSSR count). The van der Waals surface area contributed by atoms with Gasteiger partial charge in [0.15, 0.2) is 0 Å². The minimum absolute atomic E-state index is 0.216. The van der Waals surface area contributed by atoms with Gasteiger partial charge < -0.3 is 9.84 Å². The largest absolute Gasteiger partial charge is 0.489 e. The maximum atomic E-state index is 10.6. The highest BCUT2D eigenvalue weighted by Gasteiger charge is 2.15. The molecular formula is C24H28O3. The van der Waals surface area contributed by atoms with E-state index in [2.05, 4.69) is 31.2 Å². The smallest absolute Gasteiger partial charge is 0.303 e. The number of ether oxygens (including phenoxy) is 1. The van der Waals surface area contributed by atoms with Crippen LogP contribution in [-0.4, -0.2) is 17.7 Å². The number of aryl methyl sites for hydroxylation is 2. The Morgan fingerprint density at radius 3 is 2.59 bits per heavy atom. The number of rotatable bonds is 8. The summed E-state index contributed by atoms with van der Waals surface area (Å²) in [6.07, 6.45) is 6.39. The maximum absolute atomic E-state index is 10.6. The van der Waals surface area contributed by atoms with Crippen molar-refractivity contribution in [2.45, 2.75) is 51.9 Å². The average Bonchev–Trinajstić information content (AvgIpc) is 2.67. The molecule has 2 aromatic carbocycles. The zero-order chi connectivity index (χ0) is 19.1. The molecule has 0 amide bonds. The molecule has 0 atom stereocenters. The van der Waals surface area contributed by atoms with E-state index in [4.69, 9.17) is 9.84 Å². The van der Waals surface area contributed by atoms with E-state index < -0.39 is 5.97 Å². The SMILES string of the molecule is Cc1cccc(C2=C(COc3ccc(CCCC(=O)O)cc3)CCCC2)c1. The molecule has 0 saturated carbocycles. The van der Waals surface area contributed by atoms with Gasteiger partial charge in [0.1, 0.15) is 12.4 Å². The van der Waals surface area contributed by atoms with Crippen molar-refractivity contribution in [2.24, 2.45) is 0 Å². The van der Waals surface area contributed by atoms with Gasteiger partial charge in [-0.2, -0.15) is 0 Å². The third kappa shape index (κ3) is 5.72. The van der Waals surface area contributed by atoms with Crippen LogP contribution >= 0.6 is 0 Å². The number of allylic oxidation sites excluding steroid dienone is 1. The summed E-state index contributed by atoms with van der Waals surface area (Å²) in [5.41, 5.74) is 6.65. The molecule has 142 valence electrons. The summed E-state index contributed by atoms with van der Waals surface area (Å²) in [7, 11) is 0. The lowest BCUT2D eigenvalue weighted by atomic mass is 9.87. The normalized spacial score (nSPS) is 14.3. The first-order valence-corrected chi connectivity index (χ1v) is 9.83. The minimum atomic E-state index is -0.736. The van der Waals surface area contributed by atoms with E-state index in [0.29, 0.717) is 13.0 Å². The molecule has 0 aromatic heterocycles. The second kappa shape index (κ2) is 9.40. The number of hydrogen-bond acceptors (Lipinski definition) is 2. The fourth-order valence-electron chi connectivity index (χ4n) is 3.67. The van der Waals surface area contributed by atoms with Crippen LogP contribution < -0.4 is 4.74 Å². The van der Waals surface area contributed by atoms with Gasteiger partial charge in [-0.3, -0.25) is 4.79 Å². The first-order valence-electron chi connectivity index (χ1n) is 9.83. The lowest BCUT2D eigenvalue weighted by Crippen LogP contribution is -2.08.